The number of alkyl halides is 1. The minimum Gasteiger partial charge on any atom is -0.295 e. The zero-order valence-electron chi connectivity index (χ0n) is 8.76. The lowest BCUT2D eigenvalue weighted by atomic mass is 9.94. The van der Waals surface area contributed by atoms with Gasteiger partial charge in [0.05, 0.1) is 5.92 Å². The van der Waals surface area contributed by atoms with Gasteiger partial charge in [0.25, 0.3) is 0 Å². The molecule has 2 unspecified atom stereocenters. The summed E-state index contributed by atoms with van der Waals surface area (Å²) in [4.78, 5) is 22.6. The minimum atomic E-state index is -1.32. The van der Waals surface area contributed by atoms with Crippen LogP contribution in [-0.4, -0.2) is 17.2 Å². The quantitative estimate of drug-likeness (QED) is 0.615. The van der Waals surface area contributed by atoms with Crippen LogP contribution in [0.1, 0.15) is 17.0 Å². The van der Waals surface area contributed by atoms with E-state index in [0.29, 0.717) is 0 Å². The summed E-state index contributed by atoms with van der Waals surface area (Å²) in [5, 5.41) is 0.662. The predicted octanol–water partition coefficient (Wildman–Crippen LogP) is 1.62. The number of carbonyl (C=O) groups is 2. The molecule has 2 rings (SSSR count). The number of nitrogens with one attached hydrogen (secondary N) is 1. The first-order valence-electron chi connectivity index (χ1n) is 4.86. The van der Waals surface area contributed by atoms with Gasteiger partial charge in [-0.05, 0) is 18.6 Å². The Morgan fingerprint density at radius 1 is 1.24 bits per heavy atom. The molecule has 0 aromatic heterocycles. The van der Waals surface area contributed by atoms with Crippen molar-refractivity contribution < 1.29 is 18.4 Å². The molecule has 1 aromatic carbocycles. The lowest BCUT2D eigenvalue weighted by Gasteiger charge is -2.13. The van der Waals surface area contributed by atoms with Crippen molar-refractivity contribution >= 4 is 23.4 Å². The first-order valence-corrected chi connectivity index (χ1v) is 5.30. The molecule has 2 amide bonds. The second kappa shape index (κ2) is 4.07. The van der Waals surface area contributed by atoms with Crippen LogP contribution in [0.5, 0.6) is 0 Å². The van der Waals surface area contributed by atoms with Gasteiger partial charge in [-0.3, -0.25) is 14.9 Å². The number of hydrogen-bond acceptors (Lipinski definition) is 2. The van der Waals surface area contributed by atoms with Crippen molar-refractivity contribution in [1.29, 1.82) is 0 Å². The summed E-state index contributed by atoms with van der Waals surface area (Å²) in [7, 11) is 0. The summed E-state index contributed by atoms with van der Waals surface area (Å²) in [6, 6.07) is 2.31. The summed E-state index contributed by atoms with van der Waals surface area (Å²) >= 11 is 5.69. The maximum absolute atomic E-state index is 13.8. The zero-order valence-corrected chi connectivity index (χ0v) is 9.52. The molecule has 3 nitrogen and oxygen atoms in total. The van der Waals surface area contributed by atoms with Crippen molar-refractivity contribution in [2.45, 2.75) is 18.2 Å². The molecule has 1 fully saturated rings. The molecule has 1 saturated heterocycles. The number of aryl methyl sites for hydroxylation is 1. The van der Waals surface area contributed by atoms with Crippen LogP contribution in [0.25, 0.3) is 0 Å². The summed E-state index contributed by atoms with van der Waals surface area (Å²) in [6.45, 7) is 1.44. The summed E-state index contributed by atoms with van der Waals surface area (Å²) in [5.41, 5.74) is -0.259. The zero-order chi connectivity index (χ0) is 12.7. The van der Waals surface area contributed by atoms with Gasteiger partial charge in [-0.2, -0.15) is 0 Å². The van der Waals surface area contributed by atoms with Crippen LogP contribution < -0.4 is 5.32 Å². The van der Waals surface area contributed by atoms with Crippen molar-refractivity contribution in [3.8, 4) is 0 Å². The molecule has 0 saturated carbocycles. The Bertz CT molecular complexity index is 518. The smallest absolute Gasteiger partial charge is 0.245 e. The number of benzene rings is 1. The van der Waals surface area contributed by atoms with Crippen molar-refractivity contribution in [1.82, 2.24) is 5.32 Å². The van der Waals surface area contributed by atoms with Crippen molar-refractivity contribution in [3.05, 3.63) is 34.9 Å². The molecule has 0 aliphatic carbocycles. The van der Waals surface area contributed by atoms with Crippen molar-refractivity contribution in [2.75, 3.05) is 0 Å². The molecule has 1 aromatic rings. The number of hydrogen-bond donors (Lipinski definition) is 1. The molecule has 1 aliphatic heterocycles. The van der Waals surface area contributed by atoms with Gasteiger partial charge in [-0.15, -0.1) is 11.6 Å². The third kappa shape index (κ3) is 1.80. The van der Waals surface area contributed by atoms with Crippen molar-refractivity contribution in [3.63, 3.8) is 0 Å². The first kappa shape index (κ1) is 12.0. The highest BCUT2D eigenvalue weighted by Gasteiger charge is 2.44. The number of carbonyl (C=O) groups excluding carboxylic acids is 2. The standard InChI is InChI=1S/C11H8ClF2NO2/c1-4-2-3-5(13)6(9(4)14)7-8(12)11(17)15-10(7)16/h2-3,7-8H,1H3,(H,15,16,17). The SMILES string of the molecule is Cc1ccc(F)c(C2C(=O)NC(=O)C2Cl)c1F. The lowest BCUT2D eigenvalue weighted by Crippen LogP contribution is -2.22. The van der Waals surface area contributed by atoms with Gasteiger partial charge in [-0.25, -0.2) is 8.78 Å². The molecule has 1 heterocycles. The van der Waals surface area contributed by atoms with Gasteiger partial charge >= 0.3 is 0 Å². The molecule has 1 aliphatic rings. The van der Waals surface area contributed by atoms with Gasteiger partial charge in [0.1, 0.15) is 17.0 Å². The fraction of sp³-hybridized carbons (Fsp3) is 0.273. The summed E-state index contributed by atoms with van der Waals surface area (Å²) < 4.78 is 27.4. The van der Waals surface area contributed by atoms with E-state index >= 15 is 0 Å². The van der Waals surface area contributed by atoms with Gasteiger partial charge in [0.2, 0.25) is 11.8 Å². The fourth-order valence-electron chi connectivity index (χ4n) is 1.79. The second-order valence-electron chi connectivity index (χ2n) is 3.82. The Balaban J connectivity index is 2.58. The molecule has 0 spiro atoms. The number of rotatable bonds is 1. The summed E-state index contributed by atoms with van der Waals surface area (Å²) in [5.74, 6) is -4.55. The van der Waals surface area contributed by atoms with Crippen LogP contribution in [-0.2, 0) is 9.59 Å². The van der Waals surface area contributed by atoms with Crippen molar-refractivity contribution in [2.24, 2.45) is 0 Å². The van der Waals surface area contributed by atoms with E-state index in [1.54, 1.807) is 0 Å². The highest BCUT2D eigenvalue weighted by Crippen LogP contribution is 2.33. The number of imide groups is 1. The Morgan fingerprint density at radius 2 is 1.88 bits per heavy atom. The molecule has 6 heteroatoms. The first-order chi connectivity index (χ1) is 7.93. The molecule has 1 N–H and O–H groups in total. The Kier molecular flexibility index (Phi) is 2.87. The van der Waals surface area contributed by atoms with Crippen LogP contribution in [0.4, 0.5) is 8.78 Å². The maximum Gasteiger partial charge on any atom is 0.245 e. The molecule has 0 bridgehead atoms. The predicted molar refractivity (Wildman–Crippen MR) is 56.6 cm³/mol. The largest absolute Gasteiger partial charge is 0.295 e. The van der Waals surface area contributed by atoms with E-state index in [4.69, 9.17) is 11.6 Å². The third-order valence-electron chi connectivity index (χ3n) is 2.70. The fourth-order valence-corrected chi connectivity index (χ4v) is 2.09. The highest BCUT2D eigenvalue weighted by atomic mass is 35.5. The van der Waals surface area contributed by atoms with E-state index in [0.717, 1.165) is 6.07 Å². The van der Waals surface area contributed by atoms with E-state index in [2.05, 4.69) is 0 Å². The van der Waals surface area contributed by atoms with E-state index in [1.165, 1.54) is 13.0 Å². The van der Waals surface area contributed by atoms with E-state index < -0.39 is 40.3 Å². The van der Waals surface area contributed by atoms with Crippen LogP contribution in [0.3, 0.4) is 0 Å². The molecule has 17 heavy (non-hydrogen) atoms. The molecule has 0 radical (unpaired) electrons. The molecular formula is C11H8ClF2NO2. The maximum atomic E-state index is 13.8. The normalized spacial score (nSPS) is 24.0. The van der Waals surface area contributed by atoms with Crippen LogP contribution in [0, 0.1) is 18.6 Å². The highest BCUT2D eigenvalue weighted by molar-refractivity contribution is 6.37. The number of amides is 2. The van der Waals surface area contributed by atoms with Crippen LogP contribution in [0.2, 0.25) is 0 Å². The van der Waals surface area contributed by atoms with E-state index in [9.17, 15) is 18.4 Å². The summed E-state index contributed by atoms with van der Waals surface area (Å²) in [6.07, 6.45) is 0. The molecular weight excluding hydrogens is 252 g/mol. The van der Waals surface area contributed by atoms with Gasteiger partial charge in [0, 0.05) is 5.56 Å². The average Bonchev–Trinajstić information content (AvgIpc) is 2.51. The molecule has 2 atom stereocenters. The van der Waals surface area contributed by atoms with Gasteiger partial charge in [-0.1, -0.05) is 6.07 Å². The Labute approximate surface area is 101 Å². The topological polar surface area (TPSA) is 46.2 Å². The minimum absolute atomic E-state index is 0.192. The lowest BCUT2D eigenvalue weighted by molar-refractivity contribution is -0.125. The number of halogens is 3. The van der Waals surface area contributed by atoms with Gasteiger partial charge in [0.15, 0.2) is 0 Å². The van der Waals surface area contributed by atoms with E-state index in [-0.39, 0.29) is 5.56 Å². The second-order valence-corrected chi connectivity index (χ2v) is 4.30. The monoisotopic (exact) mass is 259 g/mol. The van der Waals surface area contributed by atoms with Crippen LogP contribution in [0.15, 0.2) is 12.1 Å². The Morgan fingerprint density at radius 3 is 2.41 bits per heavy atom. The average molecular weight is 260 g/mol. The van der Waals surface area contributed by atoms with Gasteiger partial charge < -0.3 is 0 Å². The Hall–Kier alpha value is -1.49. The van der Waals surface area contributed by atoms with E-state index in [1.807, 2.05) is 5.32 Å². The third-order valence-corrected chi connectivity index (χ3v) is 3.15. The van der Waals surface area contributed by atoms with Crippen LogP contribution >= 0.6 is 11.6 Å². The molecule has 90 valence electrons.